The molecule has 0 bridgehead atoms. The van der Waals surface area contributed by atoms with Gasteiger partial charge >= 0.3 is 0 Å². The van der Waals surface area contributed by atoms with Crippen LogP contribution in [-0.2, 0) is 33.5 Å². The lowest BCUT2D eigenvalue weighted by molar-refractivity contribution is -0.121. The van der Waals surface area contributed by atoms with Crippen molar-refractivity contribution in [3.63, 3.8) is 0 Å². The topological polar surface area (TPSA) is 68.2 Å². The van der Waals surface area contributed by atoms with Crippen molar-refractivity contribution < 1.29 is 13.2 Å². The van der Waals surface area contributed by atoms with Crippen molar-refractivity contribution in [1.82, 2.24) is 9.88 Å². The second-order valence-electron chi connectivity index (χ2n) is 6.74. The molecule has 0 aliphatic heterocycles. The Morgan fingerprint density at radius 2 is 1.72 bits per heavy atom. The predicted octanol–water partition coefficient (Wildman–Crippen LogP) is 3.99. The molecule has 0 saturated heterocycles. The van der Waals surface area contributed by atoms with Gasteiger partial charge in [-0.1, -0.05) is 54.6 Å². The minimum atomic E-state index is -3.55. The lowest BCUT2D eigenvalue weighted by Crippen LogP contribution is -2.26. The molecule has 0 spiro atoms. The molecule has 0 unspecified atom stereocenters. The van der Waals surface area contributed by atoms with E-state index in [0.717, 1.165) is 16.0 Å². The van der Waals surface area contributed by atoms with Crippen LogP contribution in [0.3, 0.4) is 0 Å². The van der Waals surface area contributed by atoms with Gasteiger partial charge in [-0.2, -0.15) is 0 Å². The van der Waals surface area contributed by atoms with Gasteiger partial charge in [-0.05, 0) is 23.1 Å². The largest absolute Gasteiger partial charge is 0.350 e. The Balaban J connectivity index is 1.60. The van der Waals surface area contributed by atoms with Gasteiger partial charge in [0.1, 0.15) is 6.54 Å². The summed E-state index contributed by atoms with van der Waals surface area (Å²) in [5.74, 6) is -0.238. The molecule has 5 nitrogen and oxygen atoms in total. The zero-order valence-corrected chi connectivity index (χ0v) is 17.2. The first-order valence-corrected chi connectivity index (χ1v) is 11.7. The summed E-state index contributed by atoms with van der Waals surface area (Å²) in [5.41, 5.74) is 1.46. The number of benzene rings is 2. The molecule has 0 saturated carbocycles. The van der Waals surface area contributed by atoms with E-state index in [9.17, 15) is 13.2 Å². The Morgan fingerprint density at radius 1 is 0.966 bits per heavy atom. The van der Waals surface area contributed by atoms with Gasteiger partial charge in [0.05, 0.1) is 17.2 Å². The first-order chi connectivity index (χ1) is 14.0. The van der Waals surface area contributed by atoms with Crippen LogP contribution in [0.1, 0.15) is 10.4 Å². The van der Waals surface area contributed by atoms with Crippen LogP contribution < -0.4 is 5.32 Å². The summed E-state index contributed by atoms with van der Waals surface area (Å²) in [6.45, 7) is 0.529. The molecule has 4 rings (SSSR count). The number of nitrogens with zero attached hydrogens (tertiary/aromatic N) is 1. The third-order valence-electron chi connectivity index (χ3n) is 4.64. The number of para-hydroxylation sites is 1. The summed E-state index contributed by atoms with van der Waals surface area (Å²) < 4.78 is 27.9. The van der Waals surface area contributed by atoms with Crippen LogP contribution in [-0.4, -0.2) is 18.9 Å². The fourth-order valence-corrected chi connectivity index (χ4v) is 5.50. The zero-order valence-electron chi connectivity index (χ0n) is 15.6. The number of hydrogen-bond donors (Lipinski definition) is 1. The minimum absolute atomic E-state index is 0.0622. The maximum atomic E-state index is 13.1. The molecule has 0 atom stereocenters. The maximum absolute atomic E-state index is 13.1. The SMILES string of the molecule is O=C(Cn1cc(S(=O)(=O)Cc2ccccc2)c2ccccc21)NCc1cccs1. The summed E-state index contributed by atoms with van der Waals surface area (Å²) in [6, 6.07) is 20.3. The number of thiophene rings is 1. The average Bonchev–Trinajstić information content (AvgIpc) is 3.36. The van der Waals surface area contributed by atoms with Crippen molar-refractivity contribution in [1.29, 1.82) is 0 Å². The minimum Gasteiger partial charge on any atom is -0.350 e. The number of carbonyl (C=O) groups is 1. The number of rotatable bonds is 7. The van der Waals surface area contributed by atoms with Gasteiger partial charge in [-0.15, -0.1) is 11.3 Å². The van der Waals surface area contributed by atoms with E-state index in [-0.39, 0.29) is 23.1 Å². The second-order valence-corrected chi connectivity index (χ2v) is 9.73. The molecule has 0 aliphatic rings. The van der Waals surface area contributed by atoms with Gasteiger partial charge in [0.25, 0.3) is 0 Å². The Kier molecular flexibility index (Phi) is 5.51. The van der Waals surface area contributed by atoms with E-state index in [2.05, 4.69) is 5.32 Å². The molecule has 148 valence electrons. The lowest BCUT2D eigenvalue weighted by Gasteiger charge is -2.06. The van der Waals surface area contributed by atoms with Crippen molar-refractivity contribution in [2.24, 2.45) is 0 Å². The van der Waals surface area contributed by atoms with Crippen molar-refractivity contribution in [3.05, 3.63) is 88.7 Å². The molecule has 4 aromatic rings. The van der Waals surface area contributed by atoms with Crippen LogP contribution in [0.5, 0.6) is 0 Å². The van der Waals surface area contributed by atoms with Crippen LogP contribution in [0.15, 0.2) is 83.2 Å². The second kappa shape index (κ2) is 8.23. The van der Waals surface area contributed by atoms with Crippen molar-refractivity contribution in [2.75, 3.05) is 0 Å². The quantitative estimate of drug-likeness (QED) is 0.488. The molecule has 2 heterocycles. The summed E-state index contributed by atoms with van der Waals surface area (Å²) in [4.78, 5) is 13.7. The van der Waals surface area contributed by atoms with Gasteiger partial charge in [0.15, 0.2) is 9.84 Å². The number of amides is 1. The summed E-state index contributed by atoms with van der Waals surface area (Å²) in [5, 5.41) is 5.48. The monoisotopic (exact) mass is 424 g/mol. The molecule has 0 radical (unpaired) electrons. The maximum Gasteiger partial charge on any atom is 0.240 e. The number of aromatic nitrogens is 1. The number of carbonyl (C=O) groups excluding carboxylic acids is 1. The van der Waals surface area contributed by atoms with Gasteiger partial charge in [-0.25, -0.2) is 8.42 Å². The predicted molar refractivity (Wildman–Crippen MR) is 115 cm³/mol. The number of fused-ring (bicyclic) bond motifs is 1. The van der Waals surface area contributed by atoms with Gasteiger partial charge in [0.2, 0.25) is 5.91 Å². The van der Waals surface area contributed by atoms with Crippen LogP contribution in [0.4, 0.5) is 0 Å². The molecule has 29 heavy (non-hydrogen) atoms. The van der Waals surface area contributed by atoms with E-state index >= 15 is 0 Å². The van der Waals surface area contributed by atoms with E-state index in [4.69, 9.17) is 0 Å². The fourth-order valence-electron chi connectivity index (χ4n) is 3.27. The van der Waals surface area contributed by atoms with E-state index in [1.165, 1.54) is 0 Å². The molecule has 1 amide bonds. The first-order valence-electron chi connectivity index (χ1n) is 9.16. The highest BCUT2D eigenvalue weighted by Gasteiger charge is 2.22. The number of hydrogen-bond acceptors (Lipinski definition) is 4. The highest BCUT2D eigenvalue weighted by molar-refractivity contribution is 7.90. The molecule has 0 fully saturated rings. The van der Waals surface area contributed by atoms with Crippen LogP contribution >= 0.6 is 11.3 Å². The lowest BCUT2D eigenvalue weighted by atomic mass is 10.2. The summed E-state index contributed by atoms with van der Waals surface area (Å²) >= 11 is 1.58. The van der Waals surface area contributed by atoms with Gasteiger partial charge in [-0.3, -0.25) is 4.79 Å². The summed E-state index contributed by atoms with van der Waals surface area (Å²) in [7, 11) is -3.55. The van der Waals surface area contributed by atoms with Crippen molar-refractivity contribution >= 4 is 38.0 Å². The molecule has 1 N–H and O–H groups in total. The van der Waals surface area contributed by atoms with E-state index in [0.29, 0.717) is 11.9 Å². The zero-order chi connectivity index (χ0) is 20.3. The molecular weight excluding hydrogens is 404 g/mol. The van der Waals surface area contributed by atoms with Crippen molar-refractivity contribution in [3.8, 4) is 0 Å². The standard InChI is InChI=1S/C22H20N2O3S2/c25-22(23-13-18-9-6-12-28-18)15-24-14-21(19-10-4-5-11-20(19)24)29(26,27)16-17-7-2-1-3-8-17/h1-12,14H,13,15-16H2,(H,23,25). The third kappa shape index (κ3) is 4.41. The van der Waals surface area contributed by atoms with Crippen LogP contribution in [0, 0.1) is 0 Å². The first kappa shape index (κ1) is 19.4. The van der Waals surface area contributed by atoms with Crippen LogP contribution in [0.25, 0.3) is 10.9 Å². The Morgan fingerprint density at radius 3 is 2.48 bits per heavy atom. The Labute approximate surface area is 173 Å². The van der Waals surface area contributed by atoms with Crippen LogP contribution in [0.2, 0.25) is 0 Å². The highest BCUT2D eigenvalue weighted by Crippen LogP contribution is 2.28. The van der Waals surface area contributed by atoms with Crippen molar-refractivity contribution in [2.45, 2.75) is 23.7 Å². The molecule has 2 aromatic carbocycles. The number of nitrogens with one attached hydrogen (secondary N) is 1. The fraction of sp³-hybridized carbons (Fsp3) is 0.136. The average molecular weight is 425 g/mol. The smallest absolute Gasteiger partial charge is 0.240 e. The van der Waals surface area contributed by atoms with E-state index in [1.807, 2.05) is 53.9 Å². The van der Waals surface area contributed by atoms with Gasteiger partial charge < -0.3 is 9.88 Å². The third-order valence-corrected chi connectivity index (χ3v) is 7.23. The van der Waals surface area contributed by atoms with Gasteiger partial charge in [0, 0.05) is 22.0 Å². The molecular formula is C22H20N2O3S2. The Bertz CT molecular complexity index is 1230. The highest BCUT2D eigenvalue weighted by atomic mass is 32.2. The molecule has 0 aliphatic carbocycles. The summed E-state index contributed by atoms with van der Waals surface area (Å²) in [6.07, 6.45) is 1.58. The number of sulfone groups is 1. The van der Waals surface area contributed by atoms with E-state index in [1.54, 1.807) is 40.3 Å². The molecule has 2 aromatic heterocycles. The molecule has 7 heteroatoms. The Hall–Kier alpha value is -2.90. The normalized spacial score (nSPS) is 11.6. The van der Waals surface area contributed by atoms with E-state index < -0.39 is 9.84 Å².